The number of hydrogen-bond acceptors (Lipinski definition) is 6. The molecule has 1 aromatic heterocycles. The van der Waals surface area contributed by atoms with E-state index < -0.39 is 0 Å². The van der Waals surface area contributed by atoms with E-state index in [-0.39, 0.29) is 11.8 Å². The fourth-order valence-electron chi connectivity index (χ4n) is 4.09. The molecule has 1 aliphatic carbocycles. The maximum atomic E-state index is 12.6. The molecule has 1 aromatic carbocycles. The van der Waals surface area contributed by atoms with Crippen LogP contribution in [0.4, 0.5) is 6.01 Å². The van der Waals surface area contributed by atoms with Crippen LogP contribution in [0, 0.1) is 5.92 Å². The van der Waals surface area contributed by atoms with Crippen LogP contribution in [0.25, 0.3) is 11.5 Å². The molecular weight excluding hydrogens is 356 g/mol. The molecule has 0 spiro atoms. The predicted octanol–water partition coefficient (Wildman–Crippen LogP) is 3.41. The highest BCUT2D eigenvalue weighted by Gasteiger charge is 2.29. The Morgan fingerprint density at radius 3 is 2.46 bits per heavy atom. The second kappa shape index (κ2) is 8.63. The first-order valence-corrected chi connectivity index (χ1v) is 10.3. The van der Waals surface area contributed by atoms with E-state index in [1.54, 1.807) is 7.11 Å². The lowest BCUT2D eigenvalue weighted by Crippen LogP contribution is -2.44. The molecule has 2 heterocycles. The highest BCUT2D eigenvalue weighted by Crippen LogP contribution is 2.27. The number of ether oxygens (including phenoxy) is 1. The third-order valence-corrected chi connectivity index (χ3v) is 5.84. The average molecular weight is 384 g/mol. The number of carbonyl (C=O) groups excluding carboxylic acids is 1. The molecule has 0 radical (unpaired) electrons. The number of carbonyl (C=O) groups is 1. The standard InChI is InChI=1S/C21H28N4O3/c1-27-18-9-7-16(8-10-18)20-23-24-21(28-20)25-13-11-15(12-14-25)19(26)22-17-5-3-2-4-6-17/h7-10,15,17H,2-6,11-14H2,1H3,(H,22,26). The monoisotopic (exact) mass is 384 g/mol. The minimum Gasteiger partial charge on any atom is -0.497 e. The Morgan fingerprint density at radius 1 is 1.07 bits per heavy atom. The van der Waals surface area contributed by atoms with Crippen molar-refractivity contribution < 1.29 is 13.9 Å². The van der Waals surface area contributed by atoms with Gasteiger partial charge in [-0.2, -0.15) is 0 Å². The van der Waals surface area contributed by atoms with Crippen LogP contribution in [-0.2, 0) is 4.79 Å². The van der Waals surface area contributed by atoms with Crippen molar-refractivity contribution in [3.63, 3.8) is 0 Å². The molecule has 0 atom stereocenters. The van der Waals surface area contributed by atoms with E-state index in [1.807, 2.05) is 24.3 Å². The number of nitrogens with zero attached hydrogens (tertiary/aromatic N) is 3. The van der Waals surface area contributed by atoms with E-state index in [2.05, 4.69) is 20.4 Å². The van der Waals surface area contributed by atoms with Gasteiger partial charge in [0.1, 0.15) is 5.75 Å². The number of piperidine rings is 1. The molecule has 2 aliphatic rings. The van der Waals surface area contributed by atoms with Crippen molar-refractivity contribution in [1.82, 2.24) is 15.5 Å². The topological polar surface area (TPSA) is 80.5 Å². The van der Waals surface area contributed by atoms with Crippen molar-refractivity contribution >= 4 is 11.9 Å². The fraction of sp³-hybridized carbons (Fsp3) is 0.571. The number of amides is 1. The van der Waals surface area contributed by atoms with Gasteiger partial charge in [0.05, 0.1) is 7.11 Å². The number of methoxy groups -OCH3 is 1. The van der Waals surface area contributed by atoms with Gasteiger partial charge in [0.2, 0.25) is 11.8 Å². The Balaban J connectivity index is 1.31. The first-order chi connectivity index (χ1) is 13.7. The van der Waals surface area contributed by atoms with Crippen molar-refractivity contribution in [2.75, 3.05) is 25.1 Å². The van der Waals surface area contributed by atoms with Gasteiger partial charge in [-0.25, -0.2) is 0 Å². The van der Waals surface area contributed by atoms with Crippen LogP contribution in [0.15, 0.2) is 28.7 Å². The third-order valence-electron chi connectivity index (χ3n) is 5.84. The number of anilines is 1. The van der Waals surface area contributed by atoms with Crippen molar-refractivity contribution in [1.29, 1.82) is 0 Å². The smallest absolute Gasteiger partial charge is 0.318 e. The number of benzene rings is 1. The Bertz CT molecular complexity index is 775. The maximum absolute atomic E-state index is 12.6. The van der Waals surface area contributed by atoms with Gasteiger partial charge >= 0.3 is 6.01 Å². The number of aromatic nitrogens is 2. The second-order valence-electron chi connectivity index (χ2n) is 7.72. The lowest BCUT2D eigenvalue weighted by Gasteiger charge is -2.31. The van der Waals surface area contributed by atoms with Gasteiger partial charge in [0.15, 0.2) is 0 Å². The predicted molar refractivity (Wildman–Crippen MR) is 106 cm³/mol. The molecule has 0 unspecified atom stereocenters. The average Bonchev–Trinajstić information content (AvgIpc) is 3.25. The Kier molecular flexibility index (Phi) is 5.78. The normalized spacial score (nSPS) is 18.8. The molecule has 7 nitrogen and oxygen atoms in total. The van der Waals surface area contributed by atoms with Crippen LogP contribution in [-0.4, -0.2) is 42.3 Å². The summed E-state index contributed by atoms with van der Waals surface area (Å²) in [7, 11) is 1.64. The van der Waals surface area contributed by atoms with Gasteiger partial charge in [-0.1, -0.05) is 24.4 Å². The van der Waals surface area contributed by atoms with Crippen LogP contribution >= 0.6 is 0 Å². The number of hydrogen-bond donors (Lipinski definition) is 1. The quantitative estimate of drug-likeness (QED) is 0.851. The van der Waals surface area contributed by atoms with Crippen LogP contribution in [0.2, 0.25) is 0 Å². The summed E-state index contributed by atoms with van der Waals surface area (Å²) in [6.45, 7) is 1.51. The first-order valence-electron chi connectivity index (χ1n) is 10.3. The summed E-state index contributed by atoms with van der Waals surface area (Å²) in [5.74, 6) is 1.59. The molecule has 0 bridgehead atoms. The zero-order valence-corrected chi connectivity index (χ0v) is 16.4. The van der Waals surface area contributed by atoms with Crippen molar-refractivity contribution in [3.05, 3.63) is 24.3 Å². The minimum absolute atomic E-state index is 0.0853. The van der Waals surface area contributed by atoms with Gasteiger partial charge in [-0.15, -0.1) is 5.10 Å². The molecule has 2 fully saturated rings. The van der Waals surface area contributed by atoms with Crippen LogP contribution in [0.3, 0.4) is 0 Å². The van der Waals surface area contributed by atoms with Crippen LogP contribution in [0.1, 0.15) is 44.9 Å². The highest BCUT2D eigenvalue weighted by atomic mass is 16.5. The third kappa shape index (κ3) is 4.29. The van der Waals surface area contributed by atoms with Gasteiger partial charge < -0.3 is 19.4 Å². The first kappa shape index (κ1) is 18.8. The van der Waals surface area contributed by atoms with Gasteiger partial charge in [-0.3, -0.25) is 4.79 Å². The largest absolute Gasteiger partial charge is 0.497 e. The number of nitrogens with one attached hydrogen (secondary N) is 1. The van der Waals surface area contributed by atoms with Gasteiger partial charge in [-0.05, 0) is 49.9 Å². The molecule has 1 saturated heterocycles. The van der Waals surface area contributed by atoms with Crippen molar-refractivity contribution in [3.8, 4) is 17.2 Å². The lowest BCUT2D eigenvalue weighted by atomic mass is 9.92. The zero-order chi connectivity index (χ0) is 19.3. The summed E-state index contributed by atoms with van der Waals surface area (Å²) in [6, 6.07) is 8.44. The Labute approximate surface area is 165 Å². The molecular formula is C21H28N4O3. The van der Waals surface area contributed by atoms with Gasteiger partial charge in [0, 0.05) is 30.6 Å². The van der Waals surface area contributed by atoms with E-state index in [0.29, 0.717) is 17.9 Å². The van der Waals surface area contributed by atoms with Crippen molar-refractivity contribution in [2.45, 2.75) is 51.0 Å². The molecule has 28 heavy (non-hydrogen) atoms. The van der Waals surface area contributed by atoms with Crippen molar-refractivity contribution in [2.24, 2.45) is 5.92 Å². The minimum atomic E-state index is 0.0853. The maximum Gasteiger partial charge on any atom is 0.318 e. The summed E-state index contributed by atoms with van der Waals surface area (Å²) >= 11 is 0. The SMILES string of the molecule is COc1ccc(-c2nnc(N3CCC(C(=O)NC4CCCCC4)CC3)o2)cc1. The summed E-state index contributed by atoms with van der Waals surface area (Å²) in [6.07, 6.45) is 7.65. The summed E-state index contributed by atoms with van der Waals surface area (Å²) in [4.78, 5) is 14.6. The molecule has 1 N–H and O–H groups in total. The molecule has 2 aromatic rings. The summed E-state index contributed by atoms with van der Waals surface area (Å²) in [5.41, 5.74) is 0.862. The lowest BCUT2D eigenvalue weighted by molar-refractivity contribution is -0.126. The zero-order valence-electron chi connectivity index (χ0n) is 16.4. The summed E-state index contributed by atoms with van der Waals surface area (Å²) < 4.78 is 11.0. The van der Waals surface area contributed by atoms with E-state index in [4.69, 9.17) is 9.15 Å². The van der Waals surface area contributed by atoms with E-state index >= 15 is 0 Å². The molecule has 1 saturated carbocycles. The molecule has 4 rings (SSSR count). The second-order valence-corrected chi connectivity index (χ2v) is 7.72. The summed E-state index contributed by atoms with van der Waals surface area (Å²) in [5, 5.41) is 11.6. The molecule has 7 heteroatoms. The molecule has 1 amide bonds. The van der Waals surface area contributed by atoms with Crippen LogP contribution in [0.5, 0.6) is 5.75 Å². The van der Waals surface area contributed by atoms with Gasteiger partial charge in [0.25, 0.3) is 0 Å². The van der Waals surface area contributed by atoms with E-state index in [0.717, 1.165) is 50.1 Å². The fourth-order valence-corrected chi connectivity index (χ4v) is 4.09. The van der Waals surface area contributed by atoms with E-state index in [9.17, 15) is 4.79 Å². The Morgan fingerprint density at radius 2 is 1.79 bits per heavy atom. The number of rotatable bonds is 5. The molecule has 150 valence electrons. The Hall–Kier alpha value is -2.57. The highest BCUT2D eigenvalue weighted by molar-refractivity contribution is 5.79. The van der Waals surface area contributed by atoms with E-state index in [1.165, 1.54) is 19.3 Å². The molecule has 1 aliphatic heterocycles. The van der Waals surface area contributed by atoms with Crippen LogP contribution < -0.4 is 15.0 Å².